The Kier molecular flexibility index (Phi) is 5.86. The number of ether oxygens (including phenoxy) is 2. The van der Waals surface area contributed by atoms with Crippen LogP contribution < -0.4 is 14.4 Å². The second-order valence-electron chi connectivity index (χ2n) is 7.77. The van der Waals surface area contributed by atoms with Crippen LogP contribution in [0, 0.1) is 5.92 Å². The summed E-state index contributed by atoms with van der Waals surface area (Å²) in [6, 6.07) is 13.2. The molecule has 0 bridgehead atoms. The van der Waals surface area contributed by atoms with Gasteiger partial charge < -0.3 is 19.3 Å². The molecule has 1 aliphatic carbocycles. The summed E-state index contributed by atoms with van der Waals surface area (Å²) in [6.07, 6.45) is 2.21. The van der Waals surface area contributed by atoms with E-state index in [1.165, 1.54) is 0 Å². The van der Waals surface area contributed by atoms with Gasteiger partial charge in [0.1, 0.15) is 11.5 Å². The third kappa shape index (κ3) is 4.24. The van der Waals surface area contributed by atoms with Crippen molar-refractivity contribution < 1.29 is 19.1 Å². The molecule has 6 nitrogen and oxygen atoms in total. The minimum absolute atomic E-state index is 0.0326. The van der Waals surface area contributed by atoms with Gasteiger partial charge in [0.2, 0.25) is 11.8 Å². The standard InChI is InChI=1S/C23H25ClN2O4/c1-29-19-8-3-15(4-9-19)13-25(18-6-7-18)23(28)16-11-22(27)26(14-16)20-12-17(24)5-10-21(20)30-2/h3-5,8-10,12,16,18H,6-7,11,13-14H2,1-2H3. The van der Waals surface area contributed by atoms with Crippen molar-refractivity contribution in [3.05, 3.63) is 53.1 Å². The topological polar surface area (TPSA) is 59.1 Å². The van der Waals surface area contributed by atoms with Crippen molar-refractivity contribution in [3.8, 4) is 11.5 Å². The van der Waals surface area contributed by atoms with E-state index in [9.17, 15) is 9.59 Å². The molecule has 0 radical (unpaired) electrons. The minimum atomic E-state index is -0.375. The Balaban J connectivity index is 1.50. The summed E-state index contributed by atoms with van der Waals surface area (Å²) in [5, 5.41) is 0.521. The first-order valence-electron chi connectivity index (χ1n) is 10.1. The smallest absolute Gasteiger partial charge is 0.228 e. The first kappa shape index (κ1) is 20.5. The average Bonchev–Trinajstić information content (AvgIpc) is 3.53. The fourth-order valence-electron chi connectivity index (χ4n) is 3.92. The second-order valence-corrected chi connectivity index (χ2v) is 8.20. The summed E-state index contributed by atoms with van der Waals surface area (Å²) in [5.41, 5.74) is 1.66. The molecule has 2 aromatic carbocycles. The van der Waals surface area contributed by atoms with Crippen LogP contribution in [0.2, 0.25) is 5.02 Å². The van der Waals surface area contributed by atoms with Crippen molar-refractivity contribution in [1.82, 2.24) is 4.90 Å². The van der Waals surface area contributed by atoms with E-state index in [1.807, 2.05) is 29.2 Å². The van der Waals surface area contributed by atoms with Crippen LogP contribution in [-0.2, 0) is 16.1 Å². The van der Waals surface area contributed by atoms with Crippen LogP contribution in [0.15, 0.2) is 42.5 Å². The van der Waals surface area contributed by atoms with E-state index in [4.69, 9.17) is 21.1 Å². The molecule has 158 valence electrons. The highest BCUT2D eigenvalue weighted by atomic mass is 35.5. The monoisotopic (exact) mass is 428 g/mol. The zero-order chi connectivity index (χ0) is 21.3. The predicted octanol–water partition coefficient (Wildman–Crippen LogP) is 3.90. The van der Waals surface area contributed by atoms with E-state index < -0.39 is 0 Å². The normalized spacial score (nSPS) is 18.4. The van der Waals surface area contributed by atoms with Crippen molar-refractivity contribution >= 4 is 29.1 Å². The largest absolute Gasteiger partial charge is 0.497 e. The van der Waals surface area contributed by atoms with Crippen molar-refractivity contribution in [2.75, 3.05) is 25.7 Å². The van der Waals surface area contributed by atoms with Gasteiger partial charge in [0.15, 0.2) is 0 Å². The van der Waals surface area contributed by atoms with Crippen LogP contribution in [0.3, 0.4) is 0 Å². The predicted molar refractivity (Wildman–Crippen MR) is 115 cm³/mol. The number of anilines is 1. The molecule has 1 heterocycles. The fraction of sp³-hybridized carbons (Fsp3) is 0.391. The molecule has 2 aromatic rings. The van der Waals surface area contributed by atoms with Gasteiger partial charge in [0, 0.05) is 30.6 Å². The van der Waals surface area contributed by atoms with E-state index in [-0.39, 0.29) is 30.2 Å². The van der Waals surface area contributed by atoms with Gasteiger partial charge in [0.05, 0.1) is 25.8 Å². The van der Waals surface area contributed by atoms with Crippen LogP contribution in [0.4, 0.5) is 5.69 Å². The fourth-order valence-corrected chi connectivity index (χ4v) is 4.08. The molecule has 0 aromatic heterocycles. The summed E-state index contributed by atoms with van der Waals surface area (Å²) in [7, 11) is 3.19. The van der Waals surface area contributed by atoms with E-state index in [0.717, 1.165) is 24.2 Å². The Morgan fingerprint density at radius 3 is 2.50 bits per heavy atom. The summed E-state index contributed by atoms with van der Waals surface area (Å²) in [6.45, 7) is 0.874. The maximum atomic E-state index is 13.4. The van der Waals surface area contributed by atoms with Crippen molar-refractivity contribution in [2.45, 2.75) is 31.8 Å². The number of benzene rings is 2. The summed E-state index contributed by atoms with van der Waals surface area (Å²) < 4.78 is 10.6. The van der Waals surface area contributed by atoms with E-state index in [1.54, 1.807) is 37.3 Å². The van der Waals surface area contributed by atoms with Gasteiger partial charge in [0.25, 0.3) is 0 Å². The van der Waals surface area contributed by atoms with Crippen molar-refractivity contribution in [2.24, 2.45) is 5.92 Å². The highest BCUT2D eigenvalue weighted by Gasteiger charge is 2.42. The zero-order valence-corrected chi connectivity index (χ0v) is 17.9. The number of carbonyl (C=O) groups is 2. The van der Waals surface area contributed by atoms with Crippen LogP contribution in [-0.4, -0.2) is 43.5 Å². The Labute approximate surface area is 181 Å². The van der Waals surface area contributed by atoms with Crippen LogP contribution >= 0.6 is 11.6 Å². The van der Waals surface area contributed by atoms with Gasteiger partial charge in [-0.05, 0) is 48.7 Å². The van der Waals surface area contributed by atoms with E-state index >= 15 is 0 Å². The molecule has 1 unspecified atom stereocenters. The molecule has 0 N–H and O–H groups in total. The number of halogens is 1. The van der Waals surface area contributed by atoms with E-state index in [0.29, 0.717) is 29.5 Å². The van der Waals surface area contributed by atoms with Gasteiger partial charge in [-0.2, -0.15) is 0 Å². The number of carbonyl (C=O) groups excluding carboxylic acids is 2. The SMILES string of the molecule is COc1ccc(CN(C(=O)C2CC(=O)N(c3cc(Cl)ccc3OC)C2)C2CC2)cc1. The Hall–Kier alpha value is -2.73. The second kappa shape index (κ2) is 8.56. The van der Waals surface area contributed by atoms with Crippen molar-refractivity contribution in [3.63, 3.8) is 0 Å². The number of hydrogen-bond acceptors (Lipinski definition) is 4. The molecule has 30 heavy (non-hydrogen) atoms. The third-order valence-electron chi connectivity index (χ3n) is 5.69. The molecule has 2 aliphatic rings. The number of hydrogen-bond donors (Lipinski definition) is 0. The van der Waals surface area contributed by atoms with Gasteiger partial charge in [-0.1, -0.05) is 23.7 Å². The van der Waals surface area contributed by atoms with Crippen molar-refractivity contribution in [1.29, 1.82) is 0 Å². The minimum Gasteiger partial charge on any atom is -0.497 e. The maximum absolute atomic E-state index is 13.4. The van der Waals surface area contributed by atoms with Gasteiger partial charge in [-0.3, -0.25) is 9.59 Å². The highest BCUT2D eigenvalue weighted by molar-refractivity contribution is 6.31. The van der Waals surface area contributed by atoms with E-state index in [2.05, 4.69) is 0 Å². The Morgan fingerprint density at radius 2 is 1.87 bits per heavy atom. The van der Waals surface area contributed by atoms with Crippen LogP contribution in [0.5, 0.6) is 11.5 Å². The molecule has 0 spiro atoms. The lowest BCUT2D eigenvalue weighted by Gasteiger charge is -2.26. The molecule has 1 saturated carbocycles. The van der Waals surface area contributed by atoms with Gasteiger partial charge >= 0.3 is 0 Å². The van der Waals surface area contributed by atoms with Crippen LogP contribution in [0.1, 0.15) is 24.8 Å². The molecule has 2 fully saturated rings. The maximum Gasteiger partial charge on any atom is 0.228 e. The highest BCUT2D eigenvalue weighted by Crippen LogP contribution is 2.37. The summed E-state index contributed by atoms with van der Waals surface area (Å²) >= 11 is 6.13. The number of nitrogens with zero attached hydrogens (tertiary/aromatic N) is 2. The molecular formula is C23H25ClN2O4. The summed E-state index contributed by atoms with van der Waals surface area (Å²) in [5.74, 6) is 0.924. The number of methoxy groups -OCH3 is 2. The molecule has 1 atom stereocenters. The summed E-state index contributed by atoms with van der Waals surface area (Å²) in [4.78, 5) is 29.7. The molecule has 2 amide bonds. The lowest BCUT2D eigenvalue weighted by Crippen LogP contribution is -2.38. The number of rotatable bonds is 7. The Bertz CT molecular complexity index is 943. The molecule has 4 rings (SSSR count). The average molecular weight is 429 g/mol. The first-order valence-corrected chi connectivity index (χ1v) is 10.4. The third-order valence-corrected chi connectivity index (χ3v) is 5.92. The van der Waals surface area contributed by atoms with Crippen LogP contribution in [0.25, 0.3) is 0 Å². The lowest BCUT2D eigenvalue weighted by atomic mass is 10.1. The first-order chi connectivity index (χ1) is 14.5. The zero-order valence-electron chi connectivity index (χ0n) is 17.1. The molecule has 7 heteroatoms. The lowest BCUT2D eigenvalue weighted by molar-refractivity contribution is -0.137. The quantitative estimate of drug-likeness (QED) is 0.671. The van der Waals surface area contributed by atoms with Gasteiger partial charge in [-0.25, -0.2) is 0 Å². The van der Waals surface area contributed by atoms with Gasteiger partial charge in [-0.15, -0.1) is 0 Å². The molecule has 1 aliphatic heterocycles. The Morgan fingerprint density at radius 1 is 1.13 bits per heavy atom. The number of amides is 2. The molecular weight excluding hydrogens is 404 g/mol. The molecule has 1 saturated heterocycles.